The number of imide groups is 1. The van der Waals surface area contributed by atoms with E-state index in [0.717, 1.165) is 33.0 Å². The van der Waals surface area contributed by atoms with E-state index in [0.29, 0.717) is 32.2 Å². The van der Waals surface area contributed by atoms with Gasteiger partial charge in [-0.3, -0.25) is 25.3 Å². The first-order valence-corrected chi connectivity index (χ1v) is 18.1. The Morgan fingerprint density at radius 2 is 1.20 bits per heavy atom. The summed E-state index contributed by atoms with van der Waals surface area (Å²) in [6, 6.07) is 41.6. The number of aliphatic imine (C=N–C) groups is 1. The van der Waals surface area contributed by atoms with Gasteiger partial charge in [-0.15, -0.1) is 0 Å². The van der Waals surface area contributed by atoms with Crippen molar-refractivity contribution >= 4 is 40.9 Å². The average Bonchev–Trinajstić information content (AvgIpc) is 3.20. The van der Waals surface area contributed by atoms with Crippen molar-refractivity contribution in [3.8, 4) is 0 Å². The number of carbonyl (C=O) groups excluding carboxylic acids is 4. The first-order chi connectivity index (χ1) is 26.4. The van der Waals surface area contributed by atoms with E-state index in [1.54, 1.807) is 0 Å². The molecule has 1 aliphatic rings. The fourth-order valence-electron chi connectivity index (χ4n) is 6.49. The van der Waals surface area contributed by atoms with Crippen LogP contribution in [0.15, 0.2) is 138 Å². The van der Waals surface area contributed by atoms with Crippen molar-refractivity contribution in [3.05, 3.63) is 156 Å². The van der Waals surface area contributed by atoms with Gasteiger partial charge in [0.1, 0.15) is 13.2 Å². The SMILES string of the molecule is O=C(NC(=NCCC[C@H]1C(=O)N(C(=O)NCc2cccc3ccccc23)[C@@H]1CCc1ccccc1)NC(=O)OCc1ccccc1)OCc1ccccc1. The Balaban J connectivity index is 1.07. The molecule has 5 amide bonds. The van der Waals surface area contributed by atoms with Gasteiger partial charge in [-0.1, -0.05) is 133 Å². The summed E-state index contributed by atoms with van der Waals surface area (Å²) in [6.07, 6.45) is 0.616. The zero-order valence-corrected chi connectivity index (χ0v) is 29.9. The fraction of sp³-hybridized carbons (Fsp3) is 0.233. The minimum absolute atomic E-state index is 0.0264. The molecule has 0 aromatic heterocycles. The van der Waals surface area contributed by atoms with E-state index < -0.39 is 18.2 Å². The van der Waals surface area contributed by atoms with Crippen molar-refractivity contribution in [3.63, 3.8) is 0 Å². The standard InChI is InChI=1S/C43H43N5O6/c49-39-37(38(26-25-31-14-4-1-5-15-31)48(39)41(50)45-28-35-22-12-21-34-20-10-11-23-36(34)35)24-13-27-44-40(46-42(51)53-29-32-16-6-2-7-17-32)47-43(52)54-30-33-18-8-3-9-19-33/h1-12,14-23,37-38H,13,24-30H2,(H,45,50)(H2,44,46,47,51,52)/t37-,38-/m1/s1. The Morgan fingerprint density at radius 3 is 1.83 bits per heavy atom. The molecule has 5 aromatic rings. The van der Waals surface area contributed by atoms with Crippen LogP contribution in [0.3, 0.4) is 0 Å². The highest BCUT2D eigenvalue weighted by atomic mass is 16.6. The number of fused-ring (bicyclic) bond motifs is 1. The zero-order valence-electron chi connectivity index (χ0n) is 29.9. The number of guanidine groups is 1. The van der Waals surface area contributed by atoms with Crippen molar-refractivity contribution in [2.24, 2.45) is 10.9 Å². The first kappa shape index (κ1) is 37.3. The molecular formula is C43H43N5O6. The number of aryl methyl sites for hydroxylation is 1. The lowest BCUT2D eigenvalue weighted by molar-refractivity contribution is -0.150. The van der Waals surface area contributed by atoms with Crippen molar-refractivity contribution in [2.45, 2.75) is 51.5 Å². The van der Waals surface area contributed by atoms with Crippen LogP contribution in [0.25, 0.3) is 10.8 Å². The third kappa shape index (κ3) is 10.3. The summed E-state index contributed by atoms with van der Waals surface area (Å²) < 4.78 is 10.6. The number of nitrogens with one attached hydrogen (secondary N) is 3. The highest BCUT2D eigenvalue weighted by Gasteiger charge is 2.49. The molecule has 0 unspecified atom stereocenters. The molecular weight excluding hydrogens is 683 g/mol. The highest BCUT2D eigenvalue weighted by Crippen LogP contribution is 2.34. The van der Waals surface area contributed by atoms with Gasteiger partial charge in [-0.2, -0.15) is 0 Å². The topological polar surface area (TPSA) is 138 Å². The number of benzene rings is 5. The summed E-state index contributed by atoms with van der Waals surface area (Å²) in [7, 11) is 0. The third-order valence-corrected chi connectivity index (χ3v) is 9.26. The minimum atomic E-state index is -0.804. The summed E-state index contributed by atoms with van der Waals surface area (Å²) >= 11 is 0. The van der Waals surface area contributed by atoms with Crippen molar-refractivity contribution in [2.75, 3.05) is 6.54 Å². The molecule has 1 heterocycles. The van der Waals surface area contributed by atoms with Gasteiger partial charge < -0.3 is 14.8 Å². The fourth-order valence-corrected chi connectivity index (χ4v) is 6.49. The number of alkyl carbamates (subject to hydrolysis) is 2. The molecule has 3 N–H and O–H groups in total. The first-order valence-electron chi connectivity index (χ1n) is 18.1. The van der Waals surface area contributed by atoms with Gasteiger partial charge in [-0.05, 0) is 58.7 Å². The number of urea groups is 1. The van der Waals surface area contributed by atoms with E-state index in [-0.39, 0.29) is 43.6 Å². The van der Waals surface area contributed by atoms with Crippen molar-refractivity contribution < 1.29 is 28.7 Å². The Morgan fingerprint density at radius 1 is 0.648 bits per heavy atom. The Bertz CT molecular complexity index is 1990. The molecule has 11 heteroatoms. The number of likely N-dealkylation sites (tertiary alicyclic amines) is 1. The second-order valence-electron chi connectivity index (χ2n) is 12.9. The number of rotatable bonds is 13. The minimum Gasteiger partial charge on any atom is -0.444 e. The second kappa shape index (κ2) is 18.8. The van der Waals surface area contributed by atoms with Gasteiger partial charge in [-0.25, -0.2) is 14.4 Å². The predicted octanol–water partition coefficient (Wildman–Crippen LogP) is 7.50. The number of ether oxygens (including phenoxy) is 2. The number of amides is 5. The van der Waals surface area contributed by atoms with E-state index in [2.05, 4.69) is 20.9 Å². The van der Waals surface area contributed by atoms with Gasteiger partial charge in [0.2, 0.25) is 11.9 Å². The maximum Gasteiger partial charge on any atom is 0.414 e. The van der Waals surface area contributed by atoms with Crippen LogP contribution in [0.1, 0.15) is 41.5 Å². The van der Waals surface area contributed by atoms with Gasteiger partial charge in [0.15, 0.2) is 0 Å². The Kier molecular flexibility index (Phi) is 13.0. The van der Waals surface area contributed by atoms with E-state index in [1.165, 1.54) is 4.90 Å². The van der Waals surface area contributed by atoms with Gasteiger partial charge in [0.05, 0.1) is 12.0 Å². The normalized spacial score (nSPS) is 14.7. The lowest BCUT2D eigenvalue weighted by atomic mass is 9.80. The quantitative estimate of drug-likeness (QED) is 0.0498. The Hall–Kier alpha value is -6.49. The molecule has 1 fully saturated rings. The maximum atomic E-state index is 13.5. The van der Waals surface area contributed by atoms with Gasteiger partial charge >= 0.3 is 18.2 Å². The molecule has 0 aliphatic carbocycles. The number of hydrogen-bond acceptors (Lipinski definition) is 7. The predicted molar refractivity (Wildman–Crippen MR) is 206 cm³/mol. The summed E-state index contributed by atoms with van der Waals surface area (Å²) in [5, 5.41) is 10.1. The lowest BCUT2D eigenvalue weighted by Gasteiger charge is -2.46. The molecule has 2 atom stereocenters. The molecule has 0 radical (unpaired) electrons. The van der Waals surface area contributed by atoms with Crippen LogP contribution in [0, 0.1) is 5.92 Å². The van der Waals surface area contributed by atoms with Crippen LogP contribution >= 0.6 is 0 Å². The van der Waals surface area contributed by atoms with Gasteiger partial charge in [0.25, 0.3) is 0 Å². The number of hydrogen-bond donors (Lipinski definition) is 3. The summed E-state index contributed by atoms with van der Waals surface area (Å²) in [4.78, 5) is 58.1. The summed E-state index contributed by atoms with van der Waals surface area (Å²) in [6.45, 7) is 0.520. The van der Waals surface area contributed by atoms with Crippen molar-refractivity contribution in [1.29, 1.82) is 0 Å². The number of β-lactam (4-membered cyclic amide) rings is 1. The number of nitrogens with zero attached hydrogens (tertiary/aromatic N) is 2. The van der Waals surface area contributed by atoms with Crippen LogP contribution in [0.4, 0.5) is 14.4 Å². The molecule has 0 bridgehead atoms. The van der Waals surface area contributed by atoms with Crippen LogP contribution in [-0.4, -0.2) is 47.6 Å². The zero-order chi connectivity index (χ0) is 37.5. The van der Waals surface area contributed by atoms with Crippen LogP contribution < -0.4 is 16.0 Å². The molecule has 6 rings (SSSR count). The Labute approximate surface area is 314 Å². The smallest absolute Gasteiger partial charge is 0.414 e. The van der Waals surface area contributed by atoms with Gasteiger partial charge in [0, 0.05) is 13.1 Å². The molecule has 0 spiro atoms. The summed E-state index contributed by atoms with van der Waals surface area (Å²) in [5.41, 5.74) is 3.68. The van der Waals surface area contributed by atoms with E-state index in [9.17, 15) is 19.2 Å². The number of carbonyl (C=O) groups is 4. The van der Waals surface area contributed by atoms with E-state index in [1.807, 2.05) is 133 Å². The van der Waals surface area contributed by atoms with E-state index in [4.69, 9.17) is 9.47 Å². The van der Waals surface area contributed by atoms with E-state index >= 15 is 0 Å². The third-order valence-electron chi connectivity index (χ3n) is 9.26. The van der Waals surface area contributed by atoms with Crippen molar-refractivity contribution in [1.82, 2.24) is 20.9 Å². The molecule has 1 aliphatic heterocycles. The average molecular weight is 726 g/mol. The lowest BCUT2D eigenvalue weighted by Crippen LogP contribution is -2.65. The van der Waals surface area contributed by atoms with Crippen LogP contribution in [0.2, 0.25) is 0 Å². The molecule has 276 valence electrons. The second-order valence-corrected chi connectivity index (χ2v) is 12.9. The van der Waals surface area contributed by atoms with Crippen LogP contribution in [-0.2, 0) is 40.4 Å². The maximum absolute atomic E-state index is 13.5. The highest BCUT2D eigenvalue weighted by molar-refractivity contribution is 6.02. The monoisotopic (exact) mass is 725 g/mol. The molecule has 5 aromatic carbocycles. The molecule has 1 saturated heterocycles. The molecule has 54 heavy (non-hydrogen) atoms. The van der Waals surface area contributed by atoms with Crippen LogP contribution in [0.5, 0.6) is 0 Å². The molecule has 11 nitrogen and oxygen atoms in total. The summed E-state index contributed by atoms with van der Waals surface area (Å²) in [5.74, 6) is -0.762. The molecule has 0 saturated carbocycles. The largest absolute Gasteiger partial charge is 0.444 e.